The van der Waals surface area contributed by atoms with Crippen molar-refractivity contribution >= 4 is 0 Å². The summed E-state index contributed by atoms with van der Waals surface area (Å²) < 4.78 is 5.70. The van der Waals surface area contributed by atoms with Gasteiger partial charge in [0.15, 0.2) is 0 Å². The molecular weight excluding hydrogens is 238 g/mol. The molecule has 106 valence electrons. The van der Waals surface area contributed by atoms with E-state index in [4.69, 9.17) is 4.74 Å². The molecule has 1 fully saturated rings. The topological polar surface area (TPSA) is 32.7 Å². The summed E-state index contributed by atoms with van der Waals surface area (Å²) in [4.78, 5) is 2.30. The highest BCUT2D eigenvalue weighted by Gasteiger charge is 2.20. The zero-order chi connectivity index (χ0) is 13.7. The molecule has 2 unspecified atom stereocenters. The van der Waals surface area contributed by atoms with Crippen molar-refractivity contribution in [1.82, 2.24) is 4.90 Å². The third-order valence-corrected chi connectivity index (χ3v) is 3.54. The van der Waals surface area contributed by atoms with Crippen molar-refractivity contribution in [3.63, 3.8) is 0 Å². The maximum atomic E-state index is 9.64. The summed E-state index contributed by atoms with van der Waals surface area (Å²) in [5.74, 6) is 0. The second-order valence-corrected chi connectivity index (χ2v) is 5.66. The average molecular weight is 263 g/mol. The molecule has 1 aliphatic heterocycles. The average Bonchev–Trinajstić information content (AvgIpc) is 2.84. The highest BCUT2D eigenvalue weighted by molar-refractivity contribution is 5.21. The molecule has 2 atom stereocenters. The number of hydrogen-bond donors (Lipinski definition) is 1. The molecule has 0 radical (unpaired) electrons. The molecular formula is C16H25NO2. The van der Waals surface area contributed by atoms with Gasteiger partial charge in [-0.05, 0) is 32.3 Å². The highest BCUT2D eigenvalue weighted by Crippen LogP contribution is 2.15. The number of aryl methyl sites for hydroxylation is 1. The highest BCUT2D eigenvalue weighted by atomic mass is 16.5. The van der Waals surface area contributed by atoms with Crippen LogP contribution in [0.2, 0.25) is 0 Å². The first-order valence-corrected chi connectivity index (χ1v) is 7.21. The lowest BCUT2D eigenvalue weighted by molar-refractivity contribution is 0.0504. The molecule has 1 aromatic carbocycles. The third kappa shape index (κ3) is 4.94. The number of benzene rings is 1. The molecule has 2 rings (SSSR count). The zero-order valence-electron chi connectivity index (χ0n) is 12.0. The second-order valence-electron chi connectivity index (χ2n) is 5.66. The van der Waals surface area contributed by atoms with E-state index >= 15 is 0 Å². The molecule has 0 aromatic heterocycles. The Hall–Kier alpha value is -0.900. The first-order chi connectivity index (χ1) is 9.13. The number of hydrogen-bond acceptors (Lipinski definition) is 3. The lowest BCUT2D eigenvalue weighted by Gasteiger charge is -2.26. The van der Waals surface area contributed by atoms with E-state index in [0.29, 0.717) is 12.6 Å². The fourth-order valence-electron chi connectivity index (χ4n) is 2.61. The van der Waals surface area contributed by atoms with Gasteiger partial charge in [-0.25, -0.2) is 0 Å². The van der Waals surface area contributed by atoms with E-state index in [1.165, 1.54) is 11.1 Å². The summed E-state index contributed by atoms with van der Waals surface area (Å²) >= 11 is 0. The van der Waals surface area contributed by atoms with E-state index in [-0.39, 0.29) is 6.10 Å². The van der Waals surface area contributed by atoms with Crippen LogP contribution in [0.4, 0.5) is 0 Å². The van der Waals surface area contributed by atoms with E-state index < -0.39 is 0 Å². The monoisotopic (exact) mass is 263 g/mol. The van der Waals surface area contributed by atoms with Gasteiger partial charge in [0.05, 0.1) is 12.2 Å². The Labute approximate surface area is 116 Å². The second kappa shape index (κ2) is 7.04. The van der Waals surface area contributed by atoms with Crippen molar-refractivity contribution in [1.29, 1.82) is 0 Å². The van der Waals surface area contributed by atoms with Gasteiger partial charge < -0.3 is 9.84 Å². The van der Waals surface area contributed by atoms with Crippen LogP contribution in [0.1, 0.15) is 30.9 Å². The molecule has 0 amide bonds. The Morgan fingerprint density at radius 3 is 2.68 bits per heavy atom. The first kappa shape index (κ1) is 14.5. The lowest BCUT2D eigenvalue weighted by atomic mass is 10.1. The largest absolute Gasteiger partial charge is 0.392 e. The van der Waals surface area contributed by atoms with Gasteiger partial charge in [-0.15, -0.1) is 0 Å². The zero-order valence-corrected chi connectivity index (χ0v) is 12.0. The minimum Gasteiger partial charge on any atom is -0.392 e. The van der Waals surface area contributed by atoms with Gasteiger partial charge in [0, 0.05) is 26.2 Å². The Balaban J connectivity index is 1.93. The molecule has 0 spiro atoms. The van der Waals surface area contributed by atoms with E-state index in [2.05, 4.69) is 36.1 Å². The lowest BCUT2D eigenvalue weighted by Crippen LogP contribution is -2.36. The standard InChI is InChI=1S/C16H25NO2/c1-13-5-7-15(8-6-13)11-17(10-14(2)18)12-16-4-3-9-19-16/h5-8,14,16,18H,3-4,9-12H2,1-2H3. The predicted molar refractivity (Wildman–Crippen MR) is 77.1 cm³/mol. The van der Waals surface area contributed by atoms with Crippen LogP contribution in [0.5, 0.6) is 0 Å². The van der Waals surface area contributed by atoms with Gasteiger partial charge in [-0.3, -0.25) is 4.90 Å². The molecule has 0 saturated carbocycles. The van der Waals surface area contributed by atoms with Crippen molar-refractivity contribution in [2.75, 3.05) is 19.7 Å². The Morgan fingerprint density at radius 1 is 1.37 bits per heavy atom. The molecule has 1 aliphatic rings. The normalized spacial score (nSPS) is 20.9. The van der Waals surface area contributed by atoms with Gasteiger partial charge in [-0.1, -0.05) is 29.8 Å². The molecule has 1 N–H and O–H groups in total. The first-order valence-electron chi connectivity index (χ1n) is 7.21. The Bertz CT molecular complexity index is 369. The molecule has 1 heterocycles. The van der Waals surface area contributed by atoms with Crippen LogP contribution in [0.25, 0.3) is 0 Å². The fraction of sp³-hybridized carbons (Fsp3) is 0.625. The third-order valence-electron chi connectivity index (χ3n) is 3.54. The van der Waals surface area contributed by atoms with Crippen LogP contribution in [0.15, 0.2) is 24.3 Å². The van der Waals surface area contributed by atoms with Gasteiger partial charge in [0.1, 0.15) is 0 Å². The predicted octanol–water partition coefficient (Wildman–Crippen LogP) is 2.36. The van der Waals surface area contributed by atoms with Crippen molar-refractivity contribution in [2.45, 2.75) is 45.4 Å². The maximum absolute atomic E-state index is 9.64. The number of aliphatic hydroxyl groups excluding tert-OH is 1. The van der Waals surface area contributed by atoms with Crippen LogP contribution in [-0.2, 0) is 11.3 Å². The number of aliphatic hydroxyl groups is 1. The molecule has 1 aromatic rings. The van der Waals surface area contributed by atoms with E-state index in [0.717, 1.165) is 32.5 Å². The van der Waals surface area contributed by atoms with Crippen LogP contribution < -0.4 is 0 Å². The van der Waals surface area contributed by atoms with E-state index in [9.17, 15) is 5.11 Å². The van der Waals surface area contributed by atoms with E-state index in [1.54, 1.807) is 0 Å². The van der Waals surface area contributed by atoms with Gasteiger partial charge in [0.25, 0.3) is 0 Å². The summed E-state index contributed by atoms with van der Waals surface area (Å²) in [6.45, 7) is 7.33. The molecule has 3 heteroatoms. The summed E-state index contributed by atoms with van der Waals surface area (Å²) in [6, 6.07) is 8.61. The van der Waals surface area contributed by atoms with E-state index in [1.807, 2.05) is 6.92 Å². The van der Waals surface area contributed by atoms with Crippen LogP contribution in [-0.4, -0.2) is 41.9 Å². The Morgan fingerprint density at radius 2 is 2.11 bits per heavy atom. The molecule has 1 saturated heterocycles. The molecule has 0 bridgehead atoms. The van der Waals surface area contributed by atoms with Crippen molar-refractivity contribution < 1.29 is 9.84 Å². The van der Waals surface area contributed by atoms with Crippen molar-refractivity contribution in [3.8, 4) is 0 Å². The van der Waals surface area contributed by atoms with Gasteiger partial charge in [0.2, 0.25) is 0 Å². The summed E-state index contributed by atoms with van der Waals surface area (Å²) in [5.41, 5.74) is 2.58. The minimum absolute atomic E-state index is 0.299. The van der Waals surface area contributed by atoms with Crippen LogP contribution >= 0.6 is 0 Å². The quantitative estimate of drug-likeness (QED) is 0.855. The van der Waals surface area contributed by atoms with Crippen LogP contribution in [0.3, 0.4) is 0 Å². The summed E-state index contributed by atoms with van der Waals surface area (Å²) in [6.07, 6.45) is 2.35. The minimum atomic E-state index is -0.299. The number of ether oxygens (including phenoxy) is 1. The maximum Gasteiger partial charge on any atom is 0.0702 e. The number of rotatable bonds is 6. The summed E-state index contributed by atoms with van der Waals surface area (Å²) in [7, 11) is 0. The Kier molecular flexibility index (Phi) is 5.37. The molecule has 3 nitrogen and oxygen atoms in total. The number of nitrogens with zero attached hydrogens (tertiary/aromatic N) is 1. The SMILES string of the molecule is Cc1ccc(CN(CC(C)O)CC2CCCO2)cc1. The molecule has 0 aliphatic carbocycles. The smallest absolute Gasteiger partial charge is 0.0702 e. The summed E-state index contributed by atoms with van der Waals surface area (Å²) in [5, 5.41) is 9.64. The van der Waals surface area contributed by atoms with Crippen molar-refractivity contribution in [3.05, 3.63) is 35.4 Å². The van der Waals surface area contributed by atoms with Crippen LogP contribution in [0, 0.1) is 6.92 Å². The van der Waals surface area contributed by atoms with Gasteiger partial charge in [-0.2, -0.15) is 0 Å². The van der Waals surface area contributed by atoms with Gasteiger partial charge >= 0.3 is 0 Å². The molecule has 19 heavy (non-hydrogen) atoms. The van der Waals surface area contributed by atoms with Crippen molar-refractivity contribution in [2.24, 2.45) is 0 Å². The fourth-order valence-corrected chi connectivity index (χ4v) is 2.61.